The monoisotopic (exact) mass is 375 g/mol. The molecule has 144 valence electrons. The predicted molar refractivity (Wildman–Crippen MR) is 95.2 cm³/mol. The fourth-order valence-electron chi connectivity index (χ4n) is 3.41. The van der Waals surface area contributed by atoms with Crippen molar-refractivity contribution in [1.82, 2.24) is 9.91 Å². The first-order valence-electron chi connectivity index (χ1n) is 9.05. The van der Waals surface area contributed by atoms with Crippen LogP contribution < -0.4 is 0 Å². The van der Waals surface area contributed by atoms with Crippen LogP contribution in [0.5, 0.6) is 0 Å². The van der Waals surface area contributed by atoms with Gasteiger partial charge in [-0.15, -0.1) is 0 Å². The number of hydrazone groups is 1. The molecule has 0 radical (unpaired) electrons. The minimum absolute atomic E-state index is 0.0939. The van der Waals surface area contributed by atoms with Gasteiger partial charge in [-0.05, 0) is 36.5 Å². The minimum atomic E-state index is -0.814. The van der Waals surface area contributed by atoms with Crippen LogP contribution in [-0.2, 0) is 20.9 Å². The molecule has 8 heteroatoms. The highest BCUT2D eigenvalue weighted by atomic mass is 19.1. The van der Waals surface area contributed by atoms with Gasteiger partial charge in [0, 0.05) is 32.4 Å². The van der Waals surface area contributed by atoms with Crippen LogP contribution in [-0.4, -0.2) is 51.6 Å². The van der Waals surface area contributed by atoms with E-state index >= 15 is 0 Å². The van der Waals surface area contributed by atoms with E-state index in [4.69, 9.17) is 5.11 Å². The van der Waals surface area contributed by atoms with Gasteiger partial charge < -0.3 is 10.0 Å². The number of aliphatic carboxylic acids is 1. The fraction of sp³-hybridized carbons (Fsp3) is 0.474. The molecule has 0 unspecified atom stereocenters. The van der Waals surface area contributed by atoms with E-state index in [1.165, 1.54) is 17.1 Å². The number of amides is 2. The van der Waals surface area contributed by atoms with E-state index in [0.29, 0.717) is 38.1 Å². The summed E-state index contributed by atoms with van der Waals surface area (Å²) in [6, 6.07) is 5.81. The molecule has 3 rings (SSSR count). The van der Waals surface area contributed by atoms with Gasteiger partial charge in [-0.3, -0.25) is 14.4 Å². The van der Waals surface area contributed by atoms with Gasteiger partial charge in [0.1, 0.15) is 11.5 Å². The number of halogens is 1. The molecule has 2 heterocycles. The predicted octanol–water partition coefficient (Wildman–Crippen LogP) is 2.02. The summed E-state index contributed by atoms with van der Waals surface area (Å²) in [6.07, 6.45) is 1.95. The number of carbonyl (C=O) groups excluding carboxylic acids is 2. The summed E-state index contributed by atoms with van der Waals surface area (Å²) in [4.78, 5) is 37.3. The van der Waals surface area contributed by atoms with Crippen molar-refractivity contribution < 1.29 is 23.9 Å². The second-order valence-electron chi connectivity index (χ2n) is 6.96. The van der Waals surface area contributed by atoms with Crippen LogP contribution in [0.3, 0.4) is 0 Å². The summed E-state index contributed by atoms with van der Waals surface area (Å²) < 4.78 is 13.0. The van der Waals surface area contributed by atoms with Crippen molar-refractivity contribution in [3.63, 3.8) is 0 Å². The number of nitrogens with zero attached hydrogens (tertiary/aromatic N) is 3. The van der Waals surface area contributed by atoms with Crippen molar-refractivity contribution in [2.24, 2.45) is 11.0 Å². The van der Waals surface area contributed by atoms with Gasteiger partial charge in [-0.2, -0.15) is 5.10 Å². The van der Waals surface area contributed by atoms with E-state index < -0.39 is 5.97 Å². The van der Waals surface area contributed by atoms with Gasteiger partial charge in [-0.1, -0.05) is 12.1 Å². The molecule has 0 saturated carbocycles. The first-order chi connectivity index (χ1) is 12.9. The molecule has 7 nitrogen and oxygen atoms in total. The number of carboxylic acids is 1. The molecule has 2 amide bonds. The zero-order chi connectivity index (χ0) is 19.4. The third-order valence-electron chi connectivity index (χ3n) is 4.96. The Morgan fingerprint density at radius 3 is 2.44 bits per heavy atom. The molecule has 0 aliphatic carbocycles. The molecule has 2 aliphatic rings. The Balaban J connectivity index is 1.63. The largest absolute Gasteiger partial charge is 0.481 e. The topological polar surface area (TPSA) is 90.3 Å². The van der Waals surface area contributed by atoms with E-state index in [0.717, 1.165) is 5.56 Å². The average Bonchev–Trinajstić information content (AvgIpc) is 2.65. The Hall–Kier alpha value is -2.77. The van der Waals surface area contributed by atoms with Crippen molar-refractivity contribution in [3.8, 4) is 0 Å². The average molecular weight is 375 g/mol. The second-order valence-corrected chi connectivity index (χ2v) is 6.96. The molecule has 0 aromatic heterocycles. The van der Waals surface area contributed by atoms with E-state index in [-0.39, 0.29) is 42.9 Å². The number of carboxylic acid groups (broad SMARTS) is 1. The van der Waals surface area contributed by atoms with E-state index in [9.17, 15) is 18.8 Å². The molecule has 0 bridgehead atoms. The van der Waals surface area contributed by atoms with Crippen molar-refractivity contribution in [2.45, 2.75) is 38.6 Å². The number of hydrogen-bond donors (Lipinski definition) is 1. The summed E-state index contributed by atoms with van der Waals surface area (Å²) in [5.74, 6) is -1.44. The standard InChI is InChI=1S/C19H22FN3O4/c20-15-3-1-14(2-4-15)12-23-17(24)6-5-16(21-23)19(27)22-9-7-13(8-10-22)11-18(25)26/h1-4,13H,5-12H2,(H,25,26). The maximum atomic E-state index is 13.0. The van der Waals surface area contributed by atoms with Gasteiger partial charge in [0.25, 0.3) is 5.91 Å². The zero-order valence-electron chi connectivity index (χ0n) is 14.9. The zero-order valence-corrected chi connectivity index (χ0v) is 14.9. The van der Waals surface area contributed by atoms with Gasteiger partial charge in [0.2, 0.25) is 5.91 Å². The molecule has 2 aliphatic heterocycles. The lowest BCUT2D eigenvalue weighted by molar-refractivity contribution is -0.138. The Morgan fingerprint density at radius 2 is 1.81 bits per heavy atom. The maximum Gasteiger partial charge on any atom is 0.303 e. The molecule has 1 N–H and O–H groups in total. The van der Waals surface area contributed by atoms with E-state index in [1.54, 1.807) is 17.0 Å². The lowest BCUT2D eigenvalue weighted by atomic mass is 9.93. The molecule has 1 saturated heterocycles. The van der Waals surface area contributed by atoms with Crippen molar-refractivity contribution >= 4 is 23.5 Å². The summed E-state index contributed by atoms with van der Waals surface area (Å²) in [6.45, 7) is 1.19. The fourth-order valence-corrected chi connectivity index (χ4v) is 3.41. The highest BCUT2D eigenvalue weighted by molar-refractivity contribution is 6.39. The number of carbonyl (C=O) groups is 3. The van der Waals surface area contributed by atoms with Gasteiger partial charge in [0.15, 0.2) is 0 Å². The number of likely N-dealkylation sites (tertiary alicyclic amines) is 1. The normalized spacial score (nSPS) is 18.4. The van der Waals surface area contributed by atoms with Crippen LogP contribution in [0.15, 0.2) is 29.4 Å². The molecule has 1 aromatic rings. The third kappa shape index (κ3) is 4.90. The summed E-state index contributed by atoms with van der Waals surface area (Å²) in [7, 11) is 0. The molecule has 0 atom stereocenters. The Labute approximate surface area is 156 Å². The molecule has 1 aromatic carbocycles. The summed E-state index contributed by atoms with van der Waals surface area (Å²) in [5, 5.41) is 14.4. The van der Waals surface area contributed by atoms with Gasteiger partial charge in [-0.25, -0.2) is 9.40 Å². The first kappa shape index (κ1) is 19.0. The van der Waals surface area contributed by atoms with Crippen LogP contribution in [0.25, 0.3) is 0 Å². The number of rotatable bonds is 5. The van der Waals surface area contributed by atoms with Crippen molar-refractivity contribution in [1.29, 1.82) is 0 Å². The quantitative estimate of drug-likeness (QED) is 0.852. The smallest absolute Gasteiger partial charge is 0.303 e. The van der Waals surface area contributed by atoms with E-state index in [1.807, 2.05) is 0 Å². The van der Waals surface area contributed by atoms with Crippen LogP contribution in [0.4, 0.5) is 4.39 Å². The molecule has 0 spiro atoms. The lowest BCUT2D eigenvalue weighted by Crippen LogP contribution is -2.45. The lowest BCUT2D eigenvalue weighted by Gasteiger charge is -2.32. The first-order valence-corrected chi connectivity index (χ1v) is 9.05. The van der Waals surface area contributed by atoms with Crippen LogP contribution in [0, 0.1) is 11.7 Å². The molecule has 27 heavy (non-hydrogen) atoms. The summed E-state index contributed by atoms with van der Waals surface area (Å²) >= 11 is 0. The van der Waals surface area contributed by atoms with E-state index in [2.05, 4.69) is 5.10 Å². The Kier molecular flexibility index (Phi) is 5.83. The molecule has 1 fully saturated rings. The minimum Gasteiger partial charge on any atom is -0.481 e. The van der Waals surface area contributed by atoms with Crippen molar-refractivity contribution in [3.05, 3.63) is 35.6 Å². The molecular formula is C19H22FN3O4. The van der Waals surface area contributed by atoms with Crippen molar-refractivity contribution in [2.75, 3.05) is 13.1 Å². The maximum absolute atomic E-state index is 13.0. The van der Waals surface area contributed by atoms with Crippen LogP contribution >= 0.6 is 0 Å². The van der Waals surface area contributed by atoms with Crippen LogP contribution in [0.1, 0.15) is 37.7 Å². The second kappa shape index (κ2) is 8.28. The Morgan fingerprint density at radius 1 is 1.15 bits per heavy atom. The van der Waals surface area contributed by atoms with Crippen LogP contribution in [0.2, 0.25) is 0 Å². The number of hydrogen-bond acceptors (Lipinski definition) is 4. The number of piperidine rings is 1. The van der Waals surface area contributed by atoms with Gasteiger partial charge >= 0.3 is 5.97 Å². The third-order valence-corrected chi connectivity index (χ3v) is 4.96. The SMILES string of the molecule is O=C(O)CC1CCN(C(=O)C2=NN(Cc3ccc(F)cc3)C(=O)CC2)CC1. The highest BCUT2D eigenvalue weighted by Crippen LogP contribution is 2.22. The summed E-state index contributed by atoms with van der Waals surface area (Å²) in [5.41, 5.74) is 1.07. The Bertz CT molecular complexity index is 755. The van der Waals surface area contributed by atoms with Gasteiger partial charge in [0.05, 0.1) is 6.54 Å². The highest BCUT2D eigenvalue weighted by Gasteiger charge is 2.30. The number of benzene rings is 1. The molecular weight excluding hydrogens is 353 g/mol.